The molecule has 0 saturated heterocycles. The molecule has 3 nitrogen and oxygen atoms in total. The number of rotatable bonds is 3. The molecule has 0 heterocycles. The summed E-state index contributed by atoms with van der Waals surface area (Å²) in [7, 11) is 0. The smallest absolute Gasteiger partial charge is 0.258 e. The molecule has 2 aromatic rings. The molecule has 2 aromatic carbocycles. The van der Waals surface area contributed by atoms with Gasteiger partial charge in [0.15, 0.2) is 0 Å². The molecule has 1 unspecified atom stereocenters. The minimum Gasteiger partial charge on any atom is -0.288 e. The second-order valence-corrected chi connectivity index (χ2v) is 8.85. The molecule has 0 fully saturated rings. The SMILES string of the molecule is CCC1(C)C(C)(C)c2ccc(C(=O)NC(=O)c3ccccc3)cc2C1(C)C. The fourth-order valence-electron chi connectivity index (χ4n) is 4.84. The highest BCUT2D eigenvalue weighted by Gasteiger charge is 2.58. The van der Waals surface area contributed by atoms with Gasteiger partial charge < -0.3 is 0 Å². The van der Waals surface area contributed by atoms with Crippen molar-refractivity contribution in [2.45, 2.75) is 58.8 Å². The topological polar surface area (TPSA) is 46.2 Å². The van der Waals surface area contributed by atoms with Gasteiger partial charge in [0.25, 0.3) is 11.8 Å². The predicted octanol–water partition coefficient (Wildman–Crippen LogP) is 5.24. The molecular formula is C24H29NO2. The van der Waals surface area contributed by atoms with E-state index in [4.69, 9.17) is 0 Å². The number of hydrogen-bond donors (Lipinski definition) is 1. The Bertz CT molecular complexity index is 896. The second-order valence-electron chi connectivity index (χ2n) is 8.85. The Hall–Kier alpha value is -2.42. The van der Waals surface area contributed by atoms with Crippen LogP contribution in [0.1, 0.15) is 79.8 Å². The molecule has 0 radical (unpaired) electrons. The number of amides is 2. The lowest BCUT2D eigenvalue weighted by atomic mass is 9.57. The van der Waals surface area contributed by atoms with Gasteiger partial charge in [0.1, 0.15) is 0 Å². The summed E-state index contributed by atoms with van der Waals surface area (Å²) in [5.74, 6) is -0.732. The highest BCUT2D eigenvalue weighted by atomic mass is 16.2. The van der Waals surface area contributed by atoms with Crippen LogP contribution in [0.3, 0.4) is 0 Å². The molecule has 3 rings (SSSR count). The summed E-state index contributed by atoms with van der Waals surface area (Å²) in [6, 6.07) is 14.7. The number of hydrogen-bond acceptors (Lipinski definition) is 2. The van der Waals surface area contributed by atoms with E-state index in [1.165, 1.54) is 11.1 Å². The van der Waals surface area contributed by atoms with Crippen LogP contribution in [-0.4, -0.2) is 11.8 Å². The van der Waals surface area contributed by atoms with E-state index in [0.29, 0.717) is 11.1 Å². The summed E-state index contributed by atoms with van der Waals surface area (Å²) >= 11 is 0. The molecule has 1 aliphatic rings. The van der Waals surface area contributed by atoms with Gasteiger partial charge in [-0.15, -0.1) is 0 Å². The van der Waals surface area contributed by atoms with Crippen molar-refractivity contribution in [3.63, 3.8) is 0 Å². The van der Waals surface area contributed by atoms with Crippen LogP contribution in [0.2, 0.25) is 0 Å². The first-order valence-corrected chi connectivity index (χ1v) is 9.62. The number of benzene rings is 2. The van der Waals surface area contributed by atoms with Crippen LogP contribution < -0.4 is 5.32 Å². The van der Waals surface area contributed by atoms with Crippen LogP contribution in [0.4, 0.5) is 0 Å². The van der Waals surface area contributed by atoms with E-state index in [9.17, 15) is 9.59 Å². The van der Waals surface area contributed by atoms with Crippen LogP contribution >= 0.6 is 0 Å². The van der Waals surface area contributed by atoms with Crippen LogP contribution in [0.25, 0.3) is 0 Å². The lowest BCUT2D eigenvalue weighted by Gasteiger charge is -2.47. The lowest BCUT2D eigenvalue weighted by molar-refractivity contribution is 0.0849. The van der Waals surface area contributed by atoms with E-state index in [0.717, 1.165) is 6.42 Å². The van der Waals surface area contributed by atoms with E-state index in [1.807, 2.05) is 18.2 Å². The van der Waals surface area contributed by atoms with Gasteiger partial charge in [-0.3, -0.25) is 14.9 Å². The fraction of sp³-hybridized carbons (Fsp3) is 0.417. The Kier molecular flexibility index (Phi) is 4.54. The van der Waals surface area contributed by atoms with Crippen molar-refractivity contribution in [3.8, 4) is 0 Å². The molecule has 142 valence electrons. The van der Waals surface area contributed by atoms with Gasteiger partial charge in [0.2, 0.25) is 0 Å². The van der Waals surface area contributed by atoms with Crippen LogP contribution in [-0.2, 0) is 10.8 Å². The standard InChI is InChI=1S/C24H29NO2/c1-7-24(6)22(2,3)18-14-13-17(15-19(18)23(24,4)5)21(27)25-20(26)16-11-9-8-10-12-16/h8-15H,7H2,1-6H3,(H,25,26,27). The summed E-state index contributed by atoms with van der Waals surface area (Å²) in [4.78, 5) is 25.0. The minimum absolute atomic E-state index is 0.00937. The molecule has 3 heteroatoms. The third kappa shape index (κ3) is 2.72. The molecule has 1 atom stereocenters. The maximum Gasteiger partial charge on any atom is 0.258 e. The number of fused-ring (bicyclic) bond motifs is 1. The zero-order valence-electron chi connectivity index (χ0n) is 17.1. The van der Waals surface area contributed by atoms with E-state index in [1.54, 1.807) is 24.3 Å². The summed E-state index contributed by atoms with van der Waals surface area (Å²) in [6.45, 7) is 13.7. The summed E-state index contributed by atoms with van der Waals surface area (Å²) in [5, 5.41) is 2.51. The van der Waals surface area contributed by atoms with Gasteiger partial charge in [-0.1, -0.05) is 65.8 Å². The zero-order chi connectivity index (χ0) is 20.0. The highest BCUT2D eigenvalue weighted by Crippen LogP contribution is 2.63. The number of carbonyl (C=O) groups is 2. The van der Waals surface area contributed by atoms with Crippen molar-refractivity contribution in [2.24, 2.45) is 5.41 Å². The van der Waals surface area contributed by atoms with Crippen LogP contribution in [0, 0.1) is 5.41 Å². The predicted molar refractivity (Wildman–Crippen MR) is 109 cm³/mol. The van der Waals surface area contributed by atoms with Gasteiger partial charge in [-0.05, 0) is 58.1 Å². The third-order valence-corrected chi connectivity index (χ3v) is 7.36. The molecule has 0 spiro atoms. The Morgan fingerprint density at radius 2 is 1.33 bits per heavy atom. The normalized spacial score (nSPS) is 22.1. The first kappa shape index (κ1) is 19.3. The van der Waals surface area contributed by atoms with Gasteiger partial charge in [0.05, 0.1) is 0 Å². The molecule has 0 saturated carbocycles. The average molecular weight is 364 g/mol. The molecule has 1 N–H and O–H groups in total. The summed E-state index contributed by atoms with van der Waals surface area (Å²) < 4.78 is 0. The van der Waals surface area contributed by atoms with Gasteiger partial charge in [0, 0.05) is 11.1 Å². The molecule has 0 aromatic heterocycles. The Morgan fingerprint density at radius 1 is 0.778 bits per heavy atom. The number of nitrogens with one attached hydrogen (secondary N) is 1. The monoisotopic (exact) mass is 363 g/mol. The molecule has 1 aliphatic carbocycles. The average Bonchev–Trinajstić information content (AvgIpc) is 2.77. The summed E-state index contributed by atoms with van der Waals surface area (Å²) in [6.07, 6.45) is 1.05. The minimum atomic E-state index is -0.376. The maximum atomic E-state index is 12.7. The van der Waals surface area contributed by atoms with Crippen molar-refractivity contribution in [1.82, 2.24) is 5.32 Å². The number of carbonyl (C=O) groups excluding carboxylic acids is 2. The van der Waals surface area contributed by atoms with Crippen molar-refractivity contribution in [1.29, 1.82) is 0 Å². The second kappa shape index (κ2) is 6.33. The maximum absolute atomic E-state index is 12.7. The Balaban J connectivity index is 1.95. The van der Waals surface area contributed by atoms with Crippen LogP contribution in [0.5, 0.6) is 0 Å². The third-order valence-electron chi connectivity index (χ3n) is 7.36. The highest BCUT2D eigenvalue weighted by molar-refractivity contribution is 6.10. The van der Waals surface area contributed by atoms with Crippen molar-refractivity contribution in [3.05, 3.63) is 70.8 Å². The number of imide groups is 1. The van der Waals surface area contributed by atoms with E-state index in [2.05, 4.69) is 52.9 Å². The molecular weight excluding hydrogens is 334 g/mol. The van der Waals surface area contributed by atoms with Crippen molar-refractivity contribution >= 4 is 11.8 Å². The quantitative estimate of drug-likeness (QED) is 0.758. The van der Waals surface area contributed by atoms with Gasteiger partial charge in [-0.2, -0.15) is 0 Å². The van der Waals surface area contributed by atoms with Gasteiger partial charge in [-0.25, -0.2) is 0 Å². The van der Waals surface area contributed by atoms with Crippen molar-refractivity contribution < 1.29 is 9.59 Å². The molecule has 27 heavy (non-hydrogen) atoms. The van der Waals surface area contributed by atoms with E-state index >= 15 is 0 Å². The largest absolute Gasteiger partial charge is 0.288 e. The Morgan fingerprint density at radius 3 is 1.93 bits per heavy atom. The Labute approximate surface area is 162 Å². The summed E-state index contributed by atoms with van der Waals surface area (Å²) in [5.41, 5.74) is 3.53. The zero-order valence-corrected chi connectivity index (χ0v) is 17.1. The molecule has 2 amide bonds. The molecule has 0 aliphatic heterocycles. The van der Waals surface area contributed by atoms with Crippen LogP contribution in [0.15, 0.2) is 48.5 Å². The van der Waals surface area contributed by atoms with Gasteiger partial charge >= 0.3 is 0 Å². The van der Waals surface area contributed by atoms with E-state index < -0.39 is 0 Å². The van der Waals surface area contributed by atoms with Crippen molar-refractivity contribution in [2.75, 3.05) is 0 Å². The first-order chi connectivity index (χ1) is 12.6. The fourth-order valence-corrected chi connectivity index (χ4v) is 4.84. The van der Waals surface area contributed by atoms with E-state index in [-0.39, 0.29) is 28.1 Å². The first-order valence-electron chi connectivity index (χ1n) is 9.62. The lowest BCUT2D eigenvalue weighted by Crippen LogP contribution is -2.44. The molecule has 0 bridgehead atoms.